The molecule has 186 valence electrons. The van der Waals surface area contributed by atoms with Crippen molar-refractivity contribution in [3.63, 3.8) is 0 Å². The third-order valence-corrected chi connectivity index (χ3v) is 6.37. The molecule has 3 aromatic carbocycles. The van der Waals surface area contributed by atoms with Crippen molar-refractivity contribution in [2.75, 3.05) is 17.3 Å². The molecule has 5 aromatic rings. The minimum absolute atomic E-state index is 0.272. The normalized spacial score (nSPS) is 10.6. The van der Waals surface area contributed by atoms with E-state index in [2.05, 4.69) is 26.7 Å². The van der Waals surface area contributed by atoms with E-state index in [-0.39, 0.29) is 5.91 Å². The predicted octanol–water partition coefficient (Wildman–Crippen LogP) is 6.60. The molecule has 0 unspecified atom stereocenters. The highest BCUT2D eigenvalue weighted by atomic mass is 35.5. The number of benzene rings is 3. The molecule has 0 atom stereocenters. The number of carbonyl (C=O) groups excluding carboxylic acids is 1. The number of pyridine rings is 2. The van der Waals surface area contributed by atoms with E-state index in [1.54, 1.807) is 30.6 Å². The zero-order valence-corrected chi connectivity index (χ0v) is 21.3. The van der Waals surface area contributed by atoms with Gasteiger partial charge in [0.2, 0.25) is 0 Å². The number of aromatic nitrogens is 2. The maximum absolute atomic E-state index is 13.5. The van der Waals surface area contributed by atoms with E-state index >= 15 is 0 Å². The number of amides is 1. The topological polar surface area (TPSA) is 93.9 Å². The standard InChI is InChI=1S/C30H23ClN6O/c1-37(24-11-6-12-33-19-24)25-14-26-28(36-23-10-5-9-22(31)13-23)21(16-32)18-34-29(26)27(15-25)30(38)35-17-20-7-3-2-4-8-20/h2-15,18-19H,17H2,1H3,(H,34,36)(H,35,38). The van der Waals surface area contributed by atoms with Gasteiger partial charge in [-0.15, -0.1) is 0 Å². The van der Waals surface area contributed by atoms with E-state index in [1.165, 1.54) is 6.20 Å². The van der Waals surface area contributed by atoms with Crippen LogP contribution in [0, 0.1) is 11.3 Å². The van der Waals surface area contributed by atoms with E-state index in [9.17, 15) is 10.1 Å². The van der Waals surface area contributed by atoms with Crippen LogP contribution in [0.1, 0.15) is 21.5 Å². The average molecular weight is 519 g/mol. The predicted molar refractivity (Wildman–Crippen MR) is 151 cm³/mol. The lowest BCUT2D eigenvalue weighted by Gasteiger charge is -2.22. The number of carbonyl (C=O) groups is 1. The van der Waals surface area contributed by atoms with Crippen LogP contribution in [0.4, 0.5) is 22.7 Å². The first-order valence-electron chi connectivity index (χ1n) is 11.9. The quantitative estimate of drug-likeness (QED) is 0.252. The zero-order valence-electron chi connectivity index (χ0n) is 20.5. The maximum Gasteiger partial charge on any atom is 0.253 e. The van der Waals surface area contributed by atoms with Gasteiger partial charge in [-0.1, -0.05) is 48.0 Å². The Labute approximate surface area is 225 Å². The van der Waals surface area contributed by atoms with Gasteiger partial charge in [0.25, 0.3) is 5.91 Å². The van der Waals surface area contributed by atoms with Gasteiger partial charge in [-0.25, -0.2) is 0 Å². The van der Waals surface area contributed by atoms with Crippen LogP contribution < -0.4 is 15.5 Å². The lowest BCUT2D eigenvalue weighted by molar-refractivity contribution is 0.0952. The molecule has 8 heteroatoms. The first-order chi connectivity index (χ1) is 18.5. The Balaban J connectivity index is 1.65. The van der Waals surface area contributed by atoms with Crippen LogP contribution in [0.5, 0.6) is 0 Å². The van der Waals surface area contributed by atoms with Crippen LogP contribution in [-0.4, -0.2) is 22.9 Å². The van der Waals surface area contributed by atoms with Crippen LogP contribution in [0.2, 0.25) is 5.02 Å². The van der Waals surface area contributed by atoms with Crippen molar-refractivity contribution >= 4 is 51.2 Å². The molecule has 0 radical (unpaired) electrons. The molecular formula is C30H23ClN6O. The number of fused-ring (bicyclic) bond motifs is 1. The third-order valence-electron chi connectivity index (χ3n) is 6.13. The highest BCUT2D eigenvalue weighted by Crippen LogP contribution is 2.36. The monoisotopic (exact) mass is 518 g/mol. The minimum Gasteiger partial charge on any atom is -0.354 e. The molecule has 1 amide bonds. The summed E-state index contributed by atoms with van der Waals surface area (Å²) in [5.74, 6) is -0.272. The lowest BCUT2D eigenvalue weighted by atomic mass is 10.0. The molecule has 0 saturated carbocycles. The van der Waals surface area contributed by atoms with Crippen molar-refractivity contribution in [1.82, 2.24) is 15.3 Å². The van der Waals surface area contributed by atoms with Crippen LogP contribution in [0.3, 0.4) is 0 Å². The molecule has 7 nitrogen and oxygen atoms in total. The SMILES string of the molecule is CN(c1cccnc1)c1cc(C(=O)NCc2ccccc2)c2ncc(C#N)c(Nc3cccc(Cl)c3)c2c1. The number of nitrogens with one attached hydrogen (secondary N) is 2. The summed E-state index contributed by atoms with van der Waals surface area (Å²) in [4.78, 5) is 24.2. The van der Waals surface area contributed by atoms with Crippen molar-refractivity contribution in [3.05, 3.63) is 119 Å². The molecule has 2 N–H and O–H groups in total. The van der Waals surface area contributed by atoms with Crippen molar-refractivity contribution in [2.45, 2.75) is 6.54 Å². The fourth-order valence-corrected chi connectivity index (χ4v) is 4.35. The lowest BCUT2D eigenvalue weighted by Crippen LogP contribution is -2.24. The first kappa shape index (κ1) is 24.8. The summed E-state index contributed by atoms with van der Waals surface area (Å²) < 4.78 is 0. The molecule has 2 heterocycles. The maximum atomic E-state index is 13.5. The summed E-state index contributed by atoms with van der Waals surface area (Å²) in [6, 6.07) is 26.6. The van der Waals surface area contributed by atoms with Crippen LogP contribution >= 0.6 is 11.6 Å². The molecule has 2 aromatic heterocycles. The molecule has 38 heavy (non-hydrogen) atoms. The Morgan fingerprint density at radius 2 is 1.84 bits per heavy atom. The number of nitrogens with zero attached hydrogens (tertiary/aromatic N) is 4. The molecular weight excluding hydrogens is 496 g/mol. The number of hydrogen-bond donors (Lipinski definition) is 2. The van der Waals surface area contributed by atoms with Crippen LogP contribution in [0.15, 0.2) is 97.5 Å². The molecule has 0 fully saturated rings. The van der Waals surface area contributed by atoms with E-state index in [4.69, 9.17) is 11.6 Å². The second-order valence-electron chi connectivity index (χ2n) is 8.62. The molecule has 0 aliphatic carbocycles. The number of nitriles is 1. The molecule has 0 aliphatic rings. The second-order valence-corrected chi connectivity index (χ2v) is 9.06. The average Bonchev–Trinajstić information content (AvgIpc) is 2.96. The summed E-state index contributed by atoms with van der Waals surface area (Å²) in [6.07, 6.45) is 4.93. The Morgan fingerprint density at radius 1 is 1.00 bits per heavy atom. The fraction of sp³-hybridized carbons (Fsp3) is 0.0667. The Morgan fingerprint density at radius 3 is 2.58 bits per heavy atom. The van der Waals surface area contributed by atoms with Gasteiger partial charge >= 0.3 is 0 Å². The summed E-state index contributed by atoms with van der Waals surface area (Å²) in [5.41, 5.74) is 5.02. The van der Waals surface area contributed by atoms with Gasteiger partial charge in [0, 0.05) is 47.8 Å². The summed E-state index contributed by atoms with van der Waals surface area (Å²) in [5, 5.41) is 17.4. The van der Waals surface area contributed by atoms with E-state index in [1.807, 2.05) is 72.6 Å². The highest BCUT2D eigenvalue weighted by Gasteiger charge is 2.20. The van der Waals surface area contributed by atoms with Crippen molar-refractivity contribution in [2.24, 2.45) is 0 Å². The number of anilines is 4. The number of halogens is 1. The molecule has 0 saturated heterocycles. The number of hydrogen-bond acceptors (Lipinski definition) is 6. The molecule has 0 bridgehead atoms. The third kappa shape index (κ3) is 5.26. The van der Waals surface area contributed by atoms with E-state index in [0.29, 0.717) is 45.0 Å². The van der Waals surface area contributed by atoms with Gasteiger partial charge in [-0.2, -0.15) is 5.26 Å². The highest BCUT2D eigenvalue weighted by molar-refractivity contribution is 6.30. The van der Waals surface area contributed by atoms with Crippen LogP contribution in [0.25, 0.3) is 10.9 Å². The Hall–Kier alpha value is -4.93. The van der Waals surface area contributed by atoms with Crippen molar-refractivity contribution in [1.29, 1.82) is 5.26 Å². The zero-order chi connectivity index (χ0) is 26.5. The first-order valence-corrected chi connectivity index (χ1v) is 12.3. The Bertz CT molecular complexity index is 1650. The molecule has 5 rings (SSSR count). The summed E-state index contributed by atoms with van der Waals surface area (Å²) >= 11 is 6.21. The Kier molecular flexibility index (Phi) is 7.16. The van der Waals surface area contributed by atoms with Gasteiger partial charge < -0.3 is 15.5 Å². The van der Waals surface area contributed by atoms with Gasteiger partial charge in [0.15, 0.2) is 0 Å². The molecule has 0 aliphatic heterocycles. The van der Waals surface area contributed by atoms with Gasteiger partial charge in [-0.3, -0.25) is 14.8 Å². The second kappa shape index (κ2) is 11.0. The van der Waals surface area contributed by atoms with E-state index in [0.717, 1.165) is 16.9 Å². The van der Waals surface area contributed by atoms with Crippen molar-refractivity contribution in [3.8, 4) is 6.07 Å². The number of rotatable bonds is 7. The molecule has 0 spiro atoms. The van der Waals surface area contributed by atoms with Gasteiger partial charge in [0.1, 0.15) is 6.07 Å². The smallest absolute Gasteiger partial charge is 0.253 e. The fourth-order valence-electron chi connectivity index (χ4n) is 4.16. The summed E-state index contributed by atoms with van der Waals surface area (Å²) in [6.45, 7) is 0.369. The van der Waals surface area contributed by atoms with Gasteiger partial charge in [0.05, 0.1) is 34.2 Å². The van der Waals surface area contributed by atoms with Crippen molar-refractivity contribution < 1.29 is 4.79 Å². The van der Waals surface area contributed by atoms with E-state index < -0.39 is 0 Å². The summed E-state index contributed by atoms with van der Waals surface area (Å²) in [7, 11) is 1.90. The van der Waals surface area contributed by atoms with Crippen LogP contribution in [-0.2, 0) is 6.54 Å². The van der Waals surface area contributed by atoms with Gasteiger partial charge in [-0.05, 0) is 48.0 Å². The minimum atomic E-state index is -0.272. The largest absolute Gasteiger partial charge is 0.354 e.